The Kier molecular flexibility index (Phi) is 8.38. The molecule has 0 saturated heterocycles. The van der Waals surface area contributed by atoms with Gasteiger partial charge in [0.25, 0.3) is 0 Å². The second kappa shape index (κ2) is 10.4. The number of benzene rings is 3. The maximum Gasteiger partial charge on any atom is -1.00 e. The van der Waals surface area contributed by atoms with E-state index in [2.05, 4.69) is 108 Å². The van der Waals surface area contributed by atoms with E-state index in [0.29, 0.717) is 13.2 Å². The SMILES string of the molecule is CC1=Cc2c(C(C)C)ccc(C)c2[CH]1[Zr+2]([CH]1c2ccccc2-c2ccccc21)=[Si](C)C.[Cl-].[Cl-]. The standard InChI is InChI=1S/C14H17.C13H9.C2H6Si.2ClH.Zr/c1-9(2)12-6-5-11(4)13-7-10(3)8-14(12)13;1-3-7-12-10(5-1)9-11-6-2-4-8-13(11)12;1-3-2;;;/h5-9H,1-4H3;1-9H;1-2H3;2*1H;/q;;;;;+2/p-2. The summed E-state index contributed by atoms with van der Waals surface area (Å²) < 4.78 is 1.39. The predicted molar refractivity (Wildman–Crippen MR) is 133 cm³/mol. The normalized spacial score (nSPS) is 15.5. The Bertz CT molecular complexity index is 1220. The third-order valence-corrected chi connectivity index (χ3v) is 26.8. The van der Waals surface area contributed by atoms with Crippen molar-refractivity contribution in [3.05, 3.63) is 99.6 Å². The molecule has 1 unspecified atom stereocenters. The molecule has 0 aliphatic heterocycles. The Morgan fingerprint density at radius 3 is 1.82 bits per heavy atom. The van der Waals surface area contributed by atoms with Gasteiger partial charge in [-0.25, -0.2) is 0 Å². The van der Waals surface area contributed by atoms with Crippen LogP contribution in [0.25, 0.3) is 17.2 Å². The number of aryl methyl sites for hydroxylation is 1. The second-order valence-electron chi connectivity index (χ2n) is 9.84. The summed E-state index contributed by atoms with van der Waals surface area (Å²) in [6.45, 7) is 14.7. The number of allylic oxidation sites excluding steroid dienone is 1. The fraction of sp³-hybridized carbons (Fsp3) is 0.310. The molecule has 0 bridgehead atoms. The van der Waals surface area contributed by atoms with Crippen LogP contribution in [0.2, 0.25) is 13.1 Å². The summed E-state index contributed by atoms with van der Waals surface area (Å²) in [5, 5.41) is 0. The summed E-state index contributed by atoms with van der Waals surface area (Å²) in [5.41, 5.74) is 13.8. The third kappa shape index (κ3) is 4.31. The van der Waals surface area contributed by atoms with Gasteiger partial charge >= 0.3 is 197 Å². The topological polar surface area (TPSA) is 0 Å². The van der Waals surface area contributed by atoms with Crippen molar-refractivity contribution in [3.8, 4) is 11.1 Å². The van der Waals surface area contributed by atoms with Gasteiger partial charge in [-0.15, -0.1) is 0 Å². The van der Waals surface area contributed by atoms with E-state index in [-0.39, 0.29) is 30.2 Å². The quantitative estimate of drug-likeness (QED) is 0.424. The summed E-state index contributed by atoms with van der Waals surface area (Å²) in [4.78, 5) is 0. The summed E-state index contributed by atoms with van der Waals surface area (Å²) >= 11 is -2.00. The first kappa shape index (κ1) is 26.7. The molecule has 0 N–H and O–H groups in total. The van der Waals surface area contributed by atoms with Crippen LogP contribution in [0.3, 0.4) is 0 Å². The molecule has 3 aromatic rings. The molecule has 1 atom stereocenters. The van der Waals surface area contributed by atoms with Crippen molar-refractivity contribution < 1.29 is 45.2 Å². The van der Waals surface area contributed by atoms with Gasteiger partial charge in [0, 0.05) is 0 Å². The molecule has 0 fully saturated rings. The minimum atomic E-state index is -2.00. The first-order valence-electron chi connectivity index (χ1n) is 11.6. The molecule has 4 heteroatoms. The minimum absolute atomic E-state index is 0. The number of halogens is 2. The zero-order valence-electron chi connectivity index (χ0n) is 20.3. The van der Waals surface area contributed by atoms with Crippen LogP contribution in [-0.2, 0) is 20.4 Å². The molecule has 5 rings (SSSR count). The van der Waals surface area contributed by atoms with Gasteiger partial charge in [0.15, 0.2) is 0 Å². The van der Waals surface area contributed by atoms with Crippen molar-refractivity contribution >= 4 is 11.5 Å². The third-order valence-electron chi connectivity index (χ3n) is 7.31. The average molecular weight is 571 g/mol. The molecule has 0 amide bonds. The van der Waals surface area contributed by atoms with Crippen molar-refractivity contribution in [2.24, 2.45) is 0 Å². The molecule has 0 heterocycles. The first-order chi connectivity index (χ1) is 14.9. The fourth-order valence-electron chi connectivity index (χ4n) is 5.98. The Morgan fingerprint density at radius 1 is 0.758 bits per heavy atom. The van der Waals surface area contributed by atoms with E-state index >= 15 is 0 Å². The Hall–Kier alpha value is -0.920. The Morgan fingerprint density at radius 2 is 1.30 bits per heavy atom. The Balaban J connectivity index is 0.00000153. The van der Waals surface area contributed by atoms with E-state index in [1.165, 1.54) is 16.7 Å². The maximum absolute atomic E-state index is 2.62. The van der Waals surface area contributed by atoms with E-state index in [1.807, 2.05) is 0 Å². The van der Waals surface area contributed by atoms with Gasteiger partial charge in [0.2, 0.25) is 0 Å². The van der Waals surface area contributed by atoms with E-state index in [9.17, 15) is 0 Å². The average Bonchev–Trinajstić information content (AvgIpc) is 3.25. The van der Waals surface area contributed by atoms with Crippen molar-refractivity contribution in [2.45, 2.75) is 54.0 Å². The zero-order valence-corrected chi connectivity index (χ0v) is 25.3. The van der Waals surface area contributed by atoms with Crippen molar-refractivity contribution in [1.29, 1.82) is 0 Å². The monoisotopic (exact) mass is 568 g/mol. The van der Waals surface area contributed by atoms with Crippen LogP contribution in [0, 0.1) is 6.92 Å². The van der Waals surface area contributed by atoms with E-state index in [4.69, 9.17) is 0 Å². The van der Waals surface area contributed by atoms with Gasteiger partial charge in [-0.05, 0) is 0 Å². The molecule has 2 aliphatic carbocycles. The molecule has 0 nitrogen and oxygen atoms in total. The Labute approximate surface area is 219 Å². The summed E-state index contributed by atoms with van der Waals surface area (Å²) in [5.74, 6) is 0.574. The molecule has 33 heavy (non-hydrogen) atoms. The van der Waals surface area contributed by atoms with Crippen LogP contribution in [-0.4, -0.2) is 5.43 Å². The zero-order chi connectivity index (χ0) is 21.9. The number of fused-ring (bicyclic) bond motifs is 4. The molecule has 0 radical (unpaired) electrons. The molecular weight excluding hydrogens is 539 g/mol. The van der Waals surface area contributed by atoms with E-state index in [1.54, 1.807) is 33.4 Å². The van der Waals surface area contributed by atoms with Crippen molar-refractivity contribution in [1.82, 2.24) is 0 Å². The van der Waals surface area contributed by atoms with Crippen LogP contribution >= 0.6 is 0 Å². The number of rotatable bonds is 3. The predicted octanol–water partition coefficient (Wildman–Crippen LogP) is 2.22. The molecule has 3 aromatic carbocycles. The molecule has 170 valence electrons. The summed E-state index contributed by atoms with van der Waals surface area (Å²) in [6, 6.07) is 23.4. The first-order valence-corrected chi connectivity index (χ1v) is 20.6. The van der Waals surface area contributed by atoms with Gasteiger partial charge in [0.05, 0.1) is 0 Å². The van der Waals surface area contributed by atoms with E-state index in [0.717, 1.165) is 0 Å². The van der Waals surface area contributed by atoms with Crippen LogP contribution in [0.15, 0.2) is 66.2 Å². The van der Waals surface area contributed by atoms with Crippen molar-refractivity contribution in [2.75, 3.05) is 0 Å². The largest absolute Gasteiger partial charge is 1.00 e. The smallest absolute Gasteiger partial charge is 1.00 e. The van der Waals surface area contributed by atoms with Gasteiger partial charge in [-0.2, -0.15) is 0 Å². The molecule has 0 aromatic heterocycles. The minimum Gasteiger partial charge on any atom is -1.00 e. The molecular formula is C29H32Cl2SiZr. The van der Waals surface area contributed by atoms with Crippen LogP contribution in [0.1, 0.15) is 67.3 Å². The second-order valence-corrected chi connectivity index (χ2v) is 27.7. The fourth-order valence-corrected chi connectivity index (χ4v) is 26.5. The van der Waals surface area contributed by atoms with E-state index < -0.39 is 20.4 Å². The van der Waals surface area contributed by atoms with Crippen LogP contribution < -0.4 is 24.8 Å². The van der Waals surface area contributed by atoms with Crippen molar-refractivity contribution in [3.63, 3.8) is 0 Å². The number of hydrogen-bond acceptors (Lipinski definition) is 0. The van der Waals surface area contributed by atoms with Gasteiger partial charge < -0.3 is 24.8 Å². The van der Waals surface area contributed by atoms with Crippen LogP contribution in [0.4, 0.5) is 0 Å². The molecule has 0 saturated carbocycles. The number of hydrogen-bond donors (Lipinski definition) is 0. The van der Waals surface area contributed by atoms with Gasteiger partial charge in [-0.1, -0.05) is 0 Å². The summed E-state index contributed by atoms with van der Waals surface area (Å²) in [7, 11) is 0. The maximum atomic E-state index is 2.62. The van der Waals surface area contributed by atoms with Gasteiger partial charge in [-0.3, -0.25) is 0 Å². The summed E-state index contributed by atoms with van der Waals surface area (Å²) in [6.07, 6.45) is 2.57. The molecule has 2 aliphatic rings. The van der Waals surface area contributed by atoms with Gasteiger partial charge in [0.1, 0.15) is 0 Å². The van der Waals surface area contributed by atoms with Crippen LogP contribution in [0.5, 0.6) is 0 Å². The molecule has 0 spiro atoms.